The molecule has 1 aliphatic rings. The molecule has 2 nitrogen and oxygen atoms in total. The summed E-state index contributed by atoms with van der Waals surface area (Å²) >= 11 is 1.82. The molecule has 1 aliphatic heterocycles. The normalized spacial score (nSPS) is 24.0. The molecule has 18 heavy (non-hydrogen) atoms. The van der Waals surface area contributed by atoms with E-state index in [0.717, 1.165) is 12.2 Å². The van der Waals surface area contributed by atoms with Crippen molar-refractivity contribution in [2.75, 3.05) is 11.1 Å². The zero-order valence-electron chi connectivity index (χ0n) is 9.83. The van der Waals surface area contributed by atoms with Crippen molar-refractivity contribution in [1.29, 1.82) is 0 Å². The minimum Gasteiger partial charge on any atom is -0.404 e. The third-order valence-corrected chi connectivity index (χ3v) is 4.03. The Balaban J connectivity index is 2.07. The predicted molar refractivity (Wildman–Crippen MR) is 67.1 cm³/mol. The van der Waals surface area contributed by atoms with Crippen LogP contribution in [0.15, 0.2) is 24.3 Å². The molecule has 1 aromatic rings. The summed E-state index contributed by atoms with van der Waals surface area (Å²) in [5.41, 5.74) is 0.398. The molecule has 2 atom stereocenters. The van der Waals surface area contributed by atoms with Crippen LogP contribution in [0.4, 0.5) is 18.9 Å². The molecule has 0 amide bonds. The maximum Gasteiger partial charge on any atom is 0.573 e. The summed E-state index contributed by atoms with van der Waals surface area (Å²) in [5.74, 6) is 0.733. The van der Waals surface area contributed by atoms with Gasteiger partial charge in [-0.15, -0.1) is 13.2 Å². The molecule has 2 rings (SSSR count). The maximum atomic E-state index is 12.2. The lowest BCUT2D eigenvalue weighted by molar-refractivity contribution is -0.274. The lowest BCUT2D eigenvalue weighted by Crippen LogP contribution is -2.22. The van der Waals surface area contributed by atoms with E-state index in [9.17, 15) is 13.2 Å². The second kappa shape index (κ2) is 5.30. The fraction of sp³-hybridized carbons (Fsp3) is 0.500. The van der Waals surface area contributed by atoms with Crippen LogP contribution < -0.4 is 10.1 Å². The van der Waals surface area contributed by atoms with E-state index in [1.54, 1.807) is 12.1 Å². The van der Waals surface area contributed by atoms with E-state index in [1.807, 2.05) is 11.8 Å². The molecule has 1 heterocycles. The highest BCUT2D eigenvalue weighted by molar-refractivity contribution is 8.00. The molecule has 2 unspecified atom stereocenters. The summed E-state index contributed by atoms with van der Waals surface area (Å²) in [6, 6.07) is 6.34. The van der Waals surface area contributed by atoms with E-state index in [0.29, 0.717) is 10.9 Å². The van der Waals surface area contributed by atoms with Gasteiger partial charge in [0.1, 0.15) is 0 Å². The van der Waals surface area contributed by atoms with E-state index in [1.165, 1.54) is 12.1 Å². The van der Waals surface area contributed by atoms with Crippen molar-refractivity contribution >= 4 is 17.4 Å². The van der Waals surface area contributed by atoms with Crippen LogP contribution in [0.25, 0.3) is 0 Å². The van der Waals surface area contributed by atoms with Crippen molar-refractivity contribution < 1.29 is 17.9 Å². The fourth-order valence-electron chi connectivity index (χ4n) is 1.94. The third kappa shape index (κ3) is 3.73. The zero-order chi connectivity index (χ0) is 13.2. The second-order valence-electron chi connectivity index (χ2n) is 4.26. The van der Waals surface area contributed by atoms with E-state index in [2.05, 4.69) is 17.0 Å². The zero-order valence-corrected chi connectivity index (χ0v) is 10.6. The monoisotopic (exact) mass is 277 g/mol. The summed E-state index contributed by atoms with van der Waals surface area (Å²) in [5, 5.41) is 3.66. The number of halogens is 3. The van der Waals surface area contributed by atoms with Gasteiger partial charge in [0, 0.05) is 17.0 Å². The molecule has 100 valence electrons. The van der Waals surface area contributed by atoms with Crippen molar-refractivity contribution in [2.24, 2.45) is 0 Å². The third-order valence-electron chi connectivity index (χ3n) is 2.67. The molecule has 1 aromatic carbocycles. The maximum absolute atomic E-state index is 12.2. The molecule has 1 N–H and O–H groups in total. The molecule has 0 spiro atoms. The summed E-state index contributed by atoms with van der Waals surface area (Å²) in [6.07, 6.45) is -3.71. The highest BCUT2D eigenvalue weighted by atomic mass is 32.2. The van der Waals surface area contributed by atoms with Gasteiger partial charge >= 0.3 is 6.36 Å². The minimum absolute atomic E-state index is 0.172. The second-order valence-corrected chi connectivity index (χ2v) is 5.74. The molecule has 0 aromatic heterocycles. The van der Waals surface area contributed by atoms with E-state index in [-0.39, 0.29) is 11.8 Å². The first-order chi connectivity index (χ1) is 8.44. The molecule has 6 heteroatoms. The number of ether oxygens (including phenoxy) is 1. The van der Waals surface area contributed by atoms with Gasteiger partial charge in [-0.3, -0.25) is 0 Å². The highest BCUT2D eigenvalue weighted by Gasteiger charge is 2.32. The number of anilines is 1. The van der Waals surface area contributed by atoms with Crippen LogP contribution in [-0.4, -0.2) is 23.4 Å². The van der Waals surface area contributed by atoms with E-state index >= 15 is 0 Å². The van der Waals surface area contributed by atoms with Crippen LogP contribution in [0.1, 0.15) is 13.3 Å². The van der Waals surface area contributed by atoms with Crippen LogP contribution in [0.3, 0.4) is 0 Å². The Kier molecular flexibility index (Phi) is 3.94. The number of nitrogens with one attached hydrogen (secondary N) is 1. The van der Waals surface area contributed by atoms with Crippen LogP contribution in [-0.2, 0) is 0 Å². The molecule has 1 fully saturated rings. The van der Waals surface area contributed by atoms with Crippen molar-refractivity contribution in [3.63, 3.8) is 0 Å². The number of hydrogen-bond donors (Lipinski definition) is 1. The predicted octanol–water partition coefficient (Wildman–Crippen LogP) is 3.89. The molecule has 0 bridgehead atoms. The lowest BCUT2D eigenvalue weighted by Gasteiger charge is -2.17. The van der Waals surface area contributed by atoms with Crippen LogP contribution in [0.5, 0.6) is 5.75 Å². The largest absolute Gasteiger partial charge is 0.573 e. The van der Waals surface area contributed by atoms with Gasteiger partial charge in [0.2, 0.25) is 0 Å². The quantitative estimate of drug-likeness (QED) is 0.905. The van der Waals surface area contributed by atoms with Gasteiger partial charge in [0.15, 0.2) is 5.75 Å². The molecular weight excluding hydrogens is 263 g/mol. The Morgan fingerprint density at radius 2 is 2.06 bits per heavy atom. The topological polar surface area (TPSA) is 21.3 Å². The SMILES string of the molecule is CC1CC(Nc2ccccc2OC(F)(F)F)CS1. The Morgan fingerprint density at radius 1 is 1.33 bits per heavy atom. The van der Waals surface area contributed by atoms with E-state index in [4.69, 9.17) is 0 Å². The first kappa shape index (κ1) is 13.4. The summed E-state index contributed by atoms with van der Waals surface area (Å²) in [6.45, 7) is 2.12. The molecule has 0 radical (unpaired) electrons. The van der Waals surface area contributed by atoms with Crippen molar-refractivity contribution in [3.05, 3.63) is 24.3 Å². The Morgan fingerprint density at radius 3 is 2.67 bits per heavy atom. The number of thioether (sulfide) groups is 1. The van der Waals surface area contributed by atoms with Gasteiger partial charge in [-0.2, -0.15) is 11.8 Å². The summed E-state index contributed by atoms with van der Waals surface area (Å²) in [4.78, 5) is 0. The summed E-state index contributed by atoms with van der Waals surface area (Å²) in [7, 11) is 0. The standard InChI is InChI=1S/C12H14F3NOS/c1-8-6-9(7-18-8)16-10-4-2-3-5-11(10)17-12(13,14)15/h2-5,8-9,16H,6-7H2,1H3. The Hall–Kier alpha value is -1.04. The van der Waals surface area contributed by atoms with Gasteiger partial charge in [0.25, 0.3) is 0 Å². The molecular formula is C12H14F3NOS. The van der Waals surface area contributed by atoms with Crippen LogP contribution in [0, 0.1) is 0 Å². The number of rotatable bonds is 3. The Labute approximate surface area is 108 Å². The molecule has 1 saturated heterocycles. The van der Waals surface area contributed by atoms with Crippen molar-refractivity contribution in [1.82, 2.24) is 0 Å². The smallest absolute Gasteiger partial charge is 0.404 e. The first-order valence-electron chi connectivity index (χ1n) is 5.67. The number of hydrogen-bond acceptors (Lipinski definition) is 3. The highest BCUT2D eigenvalue weighted by Crippen LogP contribution is 2.33. The number of benzene rings is 1. The van der Waals surface area contributed by atoms with Crippen molar-refractivity contribution in [3.8, 4) is 5.75 Å². The first-order valence-corrected chi connectivity index (χ1v) is 6.72. The van der Waals surface area contributed by atoms with Crippen LogP contribution >= 0.6 is 11.8 Å². The van der Waals surface area contributed by atoms with Gasteiger partial charge in [-0.05, 0) is 18.6 Å². The number of para-hydroxylation sites is 2. The number of alkyl halides is 3. The van der Waals surface area contributed by atoms with Gasteiger partial charge < -0.3 is 10.1 Å². The summed E-state index contributed by atoms with van der Waals surface area (Å²) < 4.78 is 40.7. The average molecular weight is 277 g/mol. The van der Waals surface area contributed by atoms with Crippen molar-refractivity contribution in [2.45, 2.75) is 31.0 Å². The van der Waals surface area contributed by atoms with Gasteiger partial charge in [-0.25, -0.2) is 0 Å². The van der Waals surface area contributed by atoms with Crippen LogP contribution in [0.2, 0.25) is 0 Å². The lowest BCUT2D eigenvalue weighted by atomic mass is 10.2. The molecule has 0 aliphatic carbocycles. The fourth-order valence-corrected chi connectivity index (χ4v) is 3.09. The average Bonchev–Trinajstić information content (AvgIpc) is 2.65. The molecule has 0 saturated carbocycles. The van der Waals surface area contributed by atoms with Gasteiger partial charge in [-0.1, -0.05) is 19.1 Å². The minimum atomic E-state index is -4.66. The van der Waals surface area contributed by atoms with Gasteiger partial charge in [0.05, 0.1) is 5.69 Å². The Bertz CT molecular complexity index is 411. The van der Waals surface area contributed by atoms with E-state index < -0.39 is 6.36 Å².